The highest BCUT2D eigenvalue weighted by Crippen LogP contribution is 2.36. The number of rotatable bonds is 7. The number of benzene rings is 3. The van der Waals surface area contributed by atoms with Gasteiger partial charge in [0.2, 0.25) is 0 Å². The van der Waals surface area contributed by atoms with Gasteiger partial charge in [-0.3, -0.25) is 0 Å². The smallest absolute Gasteiger partial charge is 0.441 e. The topological polar surface area (TPSA) is 71.8 Å². The molecule has 0 spiro atoms. The van der Waals surface area contributed by atoms with E-state index >= 15 is 0 Å². The Balaban J connectivity index is 1.46. The summed E-state index contributed by atoms with van der Waals surface area (Å²) in [5.74, 6) is -2.47. The van der Waals surface area contributed by atoms with Crippen LogP contribution >= 0.6 is 0 Å². The van der Waals surface area contributed by atoms with Gasteiger partial charge in [-0.1, -0.05) is 78.9 Å². The number of aromatic nitrogens is 1. The number of likely N-dealkylation sites (tertiary alicyclic amines) is 1. The molecule has 1 fully saturated rings. The number of fused-ring (bicyclic) bond motifs is 1. The number of carboxylic acids is 1. The highest BCUT2D eigenvalue weighted by atomic mass is 16.7. The minimum atomic E-state index is -1.62. The van der Waals surface area contributed by atoms with E-state index in [9.17, 15) is 14.7 Å². The number of aliphatic carboxylic acids is 1. The molecule has 1 aromatic heterocycles. The molecular formula is C30H30N2O4. The predicted octanol–water partition coefficient (Wildman–Crippen LogP) is 4.85. The van der Waals surface area contributed by atoms with E-state index in [1.54, 1.807) is 0 Å². The normalized spacial score (nSPS) is 16.2. The molecule has 1 aliphatic heterocycles. The Labute approximate surface area is 210 Å². The van der Waals surface area contributed by atoms with Crippen LogP contribution < -0.4 is 4.84 Å². The summed E-state index contributed by atoms with van der Waals surface area (Å²) < 4.78 is 1.41. The second-order valence-electron chi connectivity index (χ2n) is 9.44. The standard InChI is InChI=1S/C30H30N2O4/c33-29(34)30(35)36-32-27-16-8-7-15-25(27)26(28(32)24-13-5-2-6-14-24)20-23-12-9-18-31(21-23)19-17-22-10-3-1-4-11-22/h1-8,10-11,13-16,23H,9,12,17-21H2,(H,33,34). The molecule has 1 unspecified atom stereocenters. The molecule has 4 aromatic rings. The fraction of sp³-hybridized carbons (Fsp3) is 0.267. The van der Waals surface area contributed by atoms with Crippen molar-refractivity contribution in [2.75, 3.05) is 19.6 Å². The van der Waals surface area contributed by atoms with Crippen LogP contribution in [0.25, 0.3) is 22.2 Å². The molecule has 5 rings (SSSR count). The van der Waals surface area contributed by atoms with Crippen LogP contribution in [-0.4, -0.2) is 46.3 Å². The largest absolute Gasteiger partial charge is 0.473 e. The molecule has 6 nitrogen and oxygen atoms in total. The monoisotopic (exact) mass is 482 g/mol. The summed E-state index contributed by atoms with van der Waals surface area (Å²) in [5, 5.41) is 10.2. The third kappa shape index (κ3) is 5.19. The van der Waals surface area contributed by atoms with Gasteiger partial charge in [0.25, 0.3) is 0 Å². The maximum atomic E-state index is 12.1. The van der Waals surface area contributed by atoms with E-state index in [-0.39, 0.29) is 0 Å². The van der Waals surface area contributed by atoms with Crippen molar-refractivity contribution >= 4 is 22.8 Å². The number of para-hydroxylation sites is 1. The zero-order valence-corrected chi connectivity index (χ0v) is 20.2. The van der Waals surface area contributed by atoms with Crippen molar-refractivity contribution in [2.24, 2.45) is 5.92 Å². The second kappa shape index (κ2) is 10.8. The van der Waals surface area contributed by atoms with Crippen LogP contribution in [0.4, 0.5) is 0 Å². The van der Waals surface area contributed by atoms with E-state index in [1.807, 2.05) is 54.6 Å². The molecule has 0 saturated carbocycles. The first-order valence-corrected chi connectivity index (χ1v) is 12.5. The van der Waals surface area contributed by atoms with Gasteiger partial charge in [-0.05, 0) is 55.3 Å². The van der Waals surface area contributed by atoms with Crippen molar-refractivity contribution in [2.45, 2.75) is 25.7 Å². The highest BCUT2D eigenvalue weighted by Gasteiger charge is 2.27. The quantitative estimate of drug-likeness (QED) is 0.382. The molecule has 1 N–H and O–H groups in total. The molecular weight excluding hydrogens is 452 g/mol. The van der Waals surface area contributed by atoms with Crippen molar-refractivity contribution in [3.05, 3.63) is 96.1 Å². The molecule has 1 atom stereocenters. The maximum Gasteiger partial charge on any atom is 0.441 e. The molecule has 0 radical (unpaired) electrons. The van der Waals surface area contributed by atoms with Gasteiger partial charge in [0.05, 0.1) is 11.2 Å². The third-order valence-corrected chi connectivity index (χ3v) is 6.99. The second-order valence-corrected chi connectivity index (χ2v) is 9.44. The molecule has 2 heterocycles. The number of carboxylic acid groups (broad SMARTS) is 1. The van der Waals surface area contributed by atoms with Crippen LogP contribution in [0.1, 0.15) is 24.0 Å². The van der Waals surface area contributed by atoms with Crippen LogP contribution in [-0.2, 0) is 22.4 Å². The molecule has 0 amide bonds. The van der Waals surface area contributed by atoms with Crippen molar-refractivity contribution in [3.63, 3.8) is 0 Å². The lowest BCUT2D eigenvalue weighted by molar-refractivity contribution is -0.163. The van der Waals surface area contributed by atoms with Gasteiger partial charge in [-0.2, -0.15) is 4.73 Å². The van der Waals surface area contributed by atoms with Gasteiger partial charge in [0.1, 0.15) is 0 Å². The zero-order valence-electron chi connectivity index (χ0n) is 20.2. The first kappa shape index (κ1) is 23.8. The summed E-state index contributed by atoms with van der Waals surface area (Å²) in [6.45, 7) is 3.15. The summed E-state index contributed by atoms with van der Waals surface area (Å²) in [5.41, 5.74) is 4.77. The van der Waals surface area contributed by atoms with E-state index in [2.05, 4.69) is 35.2 Å². The van der Waals surface area contributed by atoms with Gasteiger partial charge in [-0.25, -0.2) is 9.59 Å². The number of piperidine rings is 1. The van der Waals surface area contributed by atoms with Crippen molar-refractivity contribution in [1.82, 2.24) is 9.63 Å². The Morgan fingerprint density at radius 1 is 0.917 bits per heavy atom. The third-order valence-electron chi connectivity index (χ3n) is 6.99. The average molecular weight is 483 g/mol. The van der Waals surface area contributed by atoms with Crippen LogP contribution in [0, 0.1) is 5.92 Å². The van der Waals surface area contributed by atoms with Gasteiger partial charge >= 0.3 is 11.9 Å². The summed E-state index contributed by atoms with van der Waals surface area (Å²) in [4.78, 5) is 31.4. The van der Waals surface area contributed by atoms with E-state index in [0.29, 0.717) is 11.4 Å². The molecule has 1 saturated heterocycles. The number of carbonyl (C=O) groups is 2. The zero-order chi connectivity index (χ0) is 24.9. The van der Waals surface area contributed by atoms with E-state index < -0.39 is 11.9 Å². The molecule has 0 bridgehead atoms. The molecule has 1 aliphatic rings. The average Bonchev–Trinajstić information content (AvgIpc) is 3.21. The highest BCUT2D eigenvalue weighted by molar-refractivity contribution is 6.28. The van der Waals surface area contributed by atoms with Gasteiger partial charge in [0, 0.05) is 24.0 Å². The fourth-order valence-corrected chi connectivity index (χ4v) is 5.33. The number of hydrogen-bond donors (Lipinski definition) is 1. The Hall–Kier alpha value is -3.90. The Kier molecular flexibility index (Phi) is 7.14. The molecule has 0 aliphatic carbocycles. The van der Waals surface area contributed by atoms with Crippen LogP contribution in [0.2, 0.25) is 0 Å². The van der Waals surface area contributed by atoms with Crippen LogP contribution in [0.3, 0.4) is 0 Å². The Morgan fingerprint density at radius 2 is 1.61 bits per heavy atom. The summed E-state index contributed by atoms with van der Waals surface area (Å²) in [6.07, 6.45) is 4.13. The predicted molar refractivity (Wildman–Crippen MR) is 140 cm³/mol. The lowest BCUT2D eigenvalue weighted by atomic mass is 9.89. The van der Waals surface area contributed by atoms with Gasteiger partial charge in [-0.15, -0.1) is 0 Å². The molecule has 3 aromatic carbocycles. The van der Waals surface area contributed by atoms with Crippen molar-refractivity contribution in [3.8, 4) is 11.3 Å². The van der Waals surface area contributed by atoms with Crippen LogP contribution in [0.15, 0.2) is 84.9 Å². The Morgan fingerprint density at radius 3 is 2.36 bits per heavy atom. The van der Waals surface area contributed by atoms with Crippen LogP contribution in [0.5, 0.6) is 0 Å². The van der Waals surface area contributed by atoms with Crippen molar-refractivity contribution < 1.29 is 19.5 Å². The molecule has 36 heavy (non-hydrogen) atoms. The van der Waals surface area contributed by atoms with Gasteiger partial charge in [0.15, 0.2) is 0 Å². The summed E-state index contributed by atoms with van der Waals surface area (Å²) in [7, 11) is 0. The first-order valence-electron chi connectivity index (χ1n) is 12.5. The van der Waals surface area contributed by atoms with E-state index in [1.165, 1.54) is 10.3 Å². The lowest BCUT2D eigenvalue weighted by Crippen LogP contribution is -2.37. The SMILES string of the molecule is O=C(O)C(=O)On1c(-c2ccccc2)c(CC2CCCN(CCc3ccccc3)C2)c2ccccc21. The fourth-order valence-electron chi connectivity index (χ4n) is 5.33. The molecule has 184 valence electrons. The minimum absolute atomic E-state index is 0.450. The van der Waals surface area contributed by atoms with E-state index in [4.69, 9.17) is 4.84 Å². The minimum Gasteiger partial charge on any atom is -0.473 e. The van der Waals surface area contributed by atoms with Gasteiger partial charge < -0.3 is 14.8 Å². The number of hydrogen-bond acceptors (Lipinski definition) is 4. The first-order chi connectivity index (χ1) is 17.6. The maximum absolute atomic E-state index is 12.1. The van der Waals surface area contributed by atoms with E-state index in [0.717, 1.165) is 67.5 Å². The number of carbonyl (C=O) groups excluding carboxylic acids is 1. The molecule has 6 heteroatoms. The van der Waals surface area contributed by atoms with Crippen molar-refractivity contribution in [1.29, 1.82) is 0 Å². The summed E-state index contributed by atoms with van der Waals surface area (Å²) >= 11 is 0. The lowest BCUT2D eigenvalue weighted by Gasteiger charge is -2.33. The Bertz CT molecular complexity index is 1350. The number of nitrogens with zero attached hydrogens (tertiary/aromatic N) is 2. The summed E-state index contributed by atoms with van der Waals surface area (Å²) in [6, 6.07) is 28.1.